The third-order valence-electron chi connectivity index (χ3n) is 2.64. The Morgan fingerprint density at radius 2 is 1.71 bits per heavy atom. The van der Waals surface area contributed by atoms with Gasteiger partial charge < -0.3 is 5.32 Å². The Kier molecular flexibility index (Phi) is 6.27. The first-order valence-corrected chi connectivity index (χ1v) is 6.57. The van der Waals surface area contributed by atoms with E-state index in [1.165, 1.54) is 16.0 Å². The molecule has 1 heterocycles. The zero-order chi connectivity index (χ0) is 11.2. The van der Waals surface area contributed by atoms with Crippen molar-refractivity contribution in [3.05, 3.63) is 57.8 Å². The molecule has 1 aromatic carbocycles. The molecular weight excluding hydrogens is 250 g/mol. The largest absolute Gasteiger partial charge is 0.308 e. The van der Waals surface area contributed by atoms with E-state index in [-0.39, 0.29) is 12.4 Å². The van der Waals surface area contributed by atoms with Crippen LogP contribution >= 0.6 is 23.7 Å². The summed E-state index contributed by atoms with van der Waals surface area (Å²) in [6.45, 7) is 4.10. The molecule has 2 aromatic rings. The lowest BCUT2D eigenvalue weighted by Gasteiger charge is -2.04. The zero-order valence-electron chi connectivity index (χ0n) is 9.98. The van der Waals surface area contributed by atoms with Gasteiger partial charge in [-0.1, -0.05) is 37.3 Å². The second-order valence-electron chi connectivity index (χ2n) is 3.85. The highest BCUT2D eigenvalue weighted by Crippen LogP contribution is 2.09. The second kappa shape index (κ2) is 7.49. The Labute approximate surface area is 113 Å². The molecule has 0 atom stereocenters. The molecule has 1 N–H and O–H groups in total. The summed E-state index contributed by atoms with van der Waals surface area (Å²) in [6, 6.07) is 13.1. The Morgan fingerprint density at radius 3 is 2.29 bits per heavy atom. The van der Waals surface area contributed by atoms with Crippen LogP contribution in [0.25, 0.3) is 0 Å². The first-order valence-electron chi connectivity index (χ1n) is 5.69. The Bertz CT molecular complexity index is 408. The number of nitrogens with one attached hydrogen (secondary N) is 1. The van der Waals surface area contributed by atoms with Gasteiger partial charge in [0.15, 0.2) is 0 Å². The van der Waals surface area contributed by atoms with Crippen molar-refractivity contribution in [2.45, 2.75) is 26.4 Å². The maximum atomic E-state index is 3.45. The lowest BCUT2D eigenvalue weighted by molar-refractivity contribution is 0.701. The van der Waals surface area contributed by atoms with Crippen LogP contribution in [0, 0.1) is 0 Å². The van der Waals surface area contributed by atoms with Crippen molar-refractivity contribution >= 4 is 23.7 Å². The number of thiophene rings is 1. The number of benzene rings is 1. The van der Waals surface area contributed by atoms with Crippen LogP contribution in [0.15, 0.2) is 41.8 Å². The minimum Gasteiger partial charge on any atom is -0.308 e. The van der Waals surface area contributed by atoms with Crippen molar-refractivity contribution in [2.24, 2.45) is 0 Å². The molecule has 0 aliphatic heterocycles. The summed E-state index contributed by atoms with van der Waals surface area (Å²) in [4.78, 5) is 1.39. The summed E-state index contributed by atoms with van der Waals surface area (Å²) in [6.07, 6.45) is 1.11. The molecule has 3 heteroatoms. The number of halogens is 1. The van der Waals surface area contributed by atoms with E-state index >= 15 is 0 Å². The fraction of sp³-hybridized carbons (Fsp3) is 0.286. The van der Waals surface area contributed by atoms with Crippen molar-refractivity contribution < 1.29 is 0 Å². The minimum atomic E-state index is 0. The van der Waals surface area contributed by atoms with Crippen LogP contribution in [-0.2, 0) is 19.5 Å². The van der Waals surface area contributed by atoms with Crippen LogP contribution in [0.5, 0.6) is 0 Å². The molecule has 2 rings (SSSR count). The summed E-state index contributed by atoms with van der Waals surface area (Å²) in [7, 11) is 0. The zero-order valence-corrected chi connectivity index (χ0v) is 11.6. The van der Waals surface area contributed by atoms with Crippen molar-refractivity contribution in [1.82, 2.24) is 5.32 Å². The van der Waals surface area contributed by atoms with E-state index in [9.17, 15) is 0 Å². The van der Waals surface area contributed by atoms with Crippen LogP contribution in [0.1, 0.15) is 22.9 Å². The molecule has 0 radical (unpaired) electrons. The highest BCUT2D eigenvalue weighted by atomic mass is 35.5. The molecule has 0 bridgehead atoms. The van der Waals surface area contributed by atoms with Gasteiger partial charge in [-0.3, -0.25) is 0 Å². The summed E-state index contributed by atoms with van der Waals surface area (Å²) < 4.78 is 0. The fourth-order valence-electron chi connectivity index (χ4n) is 1.64. The molecule has 0 aliphatic rings. The van der Waals surface area contributed by atoms with Gasteiger partial charge in [0, 0.05) is 18.0 Å². The van der Waals surface area contributed by atoms with E-state index in [1.807, 2.05) is 0 Å². The highest BCUT2D eigenvalue weighted by Gasteiger charge is 1.95. The Morgan fingerprint density at radius 1 is 1.00 bits per heavy atom. The molecule has 0 spiro atoms. The molecular formula is C14H18ClNS. The third kappa shape index (κ3) is 4.50. The Hall–Kier alpha value is -0.830. The number of hydrogen-bond donors (Lipinski definition) is 1. The highest BCUT2D eigenvalue weighted by molar-refractivity contribution is 7.09. The van der Waals surface area contributed by atoms with E-state index in [1.54, 1.807) is 11.3 Å². The van der Waals surface area contributed by atoms with Gasteiger partial charge in [0.1, 0.15) is 0 Å². The van der Waals surface area contributed by atoms with Crippen LogP contribution in [0.3, 0.4) is 0 Å². The summed E-state index contributed by atoms with van der Waals surface area (Å²) in [5.41, 5.74) is 2.76. The Balaban J connectivity index is 0.00000144. The molecule has 0 saturated heterocycles. The van der Waals surface area contributed by atoms with Crippen molar-refractivity contribution in [3.63, 3.8) is 0 Å². The predicted octanol–water partition coefficient (Wildman–Crippen LogP) is 4.02. The summed E-state index contributed by atoms with van der Waals surface area (Å²) >= 11 is 1.80. The van der Waals surface area contributed by atoms with Gasteiger partial charge in [0.2, 0.25) is 0 Å². The molecule has 17 heavy (non-hydrogen) atoms. The molecule has 0 fully saturated rings. The van der Waals surface area contributed by atoms with Gasteiger partial charge in [-0.25, -0.2) is 0 Å². The quantitative estimate of drug-likeness (QED) is 0.863. The smallest absolute Gasteiger partial charge is 0.0302 e. The predicted molar refractivity (Wildman–Crippen MR) is 77.9 cm³/mol. The fourth-order valence-corrected chi connectivity index (χ4v) is 2.31. The average molecular weight is 268 g/mol. The van der Waals surface area contributed by atoms with E-state index < -0.39 is 0 Å². The first-order chi connectivity index (χ1) is 7.88. The van der Waals surface area contributed by atoms with E-state index in [4.69, 9.17) is 0 Å². The molecule has 0 saturated carbocycles. The normalized spacial score (nSPS) is 9.94. The average Bonchev–Trinajstić information content (AvgIpc) is 2.83. The summed E-state index contributed by atoms with van der Waals surface area (Å²) in [5, 5.41) is 5.57. The second-order valence-corrected chi connectivity index (χ2v) is 4.89. The van der Waals surface area contributed by atoms with Gasteiger partial charge in [-0.15, -0.1) is 23.7 Å². The maximum absolute atomic E-state index is 3.45. The lowest BCUT2D eigenvalue weighted by Crippen LogP contribution is -2.11. The van der Waals surface area contributed by atoms with Gasteiger partial charge in [0.05, 0.1) is 0 Å². The van der Waals surface area contributed by atoms with Gasteiger partial charge in [-0.2, -0.15) is 0 Å². The van der Waals surface area contributed by atoms with Crippen molar-refractivity contribution in [1.29, 1.82) is 0 Å². The lowest BCUT2D eigenvalue weighted by atomic mass is 10.1. The van der Waals surface area contributed by atoms with Crippen LogP contribution in [0.4, 0.5) is 0 Å². The van der Waals surface area contributed by atoms with E-state index in [0.717, 1.165) is 19.5 Å². The monoisotopic (exact) mass is 267 g/mol. The number of rotatable bonds is 5. The van der Waals surface area contributed by atoms with E-state index in [0.29, 0.717) is 0 Å². The summed E-state index contributed by atoms with van der Waals surface area (Å²) in [5.74, 6) is 0. The molecule has 92 valence electrons. The van der Waals surface area contributed by atoms with Crippen LogP contribution in [0.2, 0.25) is 0 Å². The molecule has 0 amide bonds. The van der Waals surface area contributed by atoms with Gasteiger partial charge in [0.25, 0.3) is 0 Å². The number of hydrogen-bond acceptors (Lipinski definition) is 2. The van der Waals surface area contributed by atoms with E-state index in [2.05, 4.69) is 54.0 Å². The van der Waals surface area contributed by atoms with Crippen LogP contribution < -0.4 is 5.32 Å². The van der Waals surface area contributed by atoms with Crippen molar-refractivity contribution in [2.75, 3.05) is 0 Å². The minimum absolute atomic E-state index is 0. The maximum Gasteiger partial charge on any atom is 0.0302 e. The SMILES string of the molecule is CCc1ccc(CNCc2cccs2)cc1.Cl. The van der Waals surface area contributed by atoms with Crippen LogP contribution in [-0.4, -0.2) is 0 Å². The third-order valence-corrected chi connectivity index (χ3v) is 3.52. The van der Waals surface area contributed by atoms with Gasteiger partial charge >= 0.3 is 0 Å². The first kappa shape index (κ1) is 14.2. The topological polar surface area (TPSA) is 12.0 Å². The molecule has 0 unspecified atom stereocenters. The standard InChI is InChI=1S/C14H17NS.ClH/c1-2-12-5-7-13(8-6-12)10-15-11-14-4-3-9-16-14;/h3-9,15H,2,10-11H2,1H3;1H. The van der Waals surface area contributed by atoms with Crippen molar-refractivity contribution in [3.8, 4) is 0 Å². The number of aryl methyl sites for hydroxylation is 1. The molecule has 0 aliphatic carbocycles. The van der Waals surface area contributed by atoms with Gasteiger partial charge in [-0.05, 0) is 29.0 Å². The molecule has 1 aromatic heterocycles. The molecule has 1 nitrogen and oxygen atoms in total.